The van der Waals surface area contributed by atoms with Crippen LogP contribution in [-0.2, 0) is 6.54 Å². The van der Waals surface area contributed by atoms with E-state index in [9.17, 15) is 14.0 Å². The zero-order valence-electron chi connectivity index (χ0n) is 17.9. The quantitative estimate of drug-likeness (QED) is 0.683. The maximum atomic E-state index is 14.0. The maximum Gasteiger partial charge on any atom is 0.264 e. The lowest BCUT2D eigenvalue weighted by atomic mass is 10.1. The first-order valence-electron chi connectivity index (χ1n) is 10.7. The molecule has 0 spiro atoms. The molecule has 2 amide bonds. The van der Waals surface area contributed by atoms with Gasteiger partial charge in [0.15, 0.2) is 0 Å². The maximum absolute atomic E-state index is 14.0. The van der Waals surface area contributed by atoms with E-state index in [2.05, 4.69) is 16.4 Å². The molecule has 160 valence electrons. The Morgan fingerprint density at radius 2 is 1.53 bits per heavy atom. The lowest BCUT2D eigenvalue weighted by Crippen LogP contribution is -2.51. The molecule has 0 bridgehead atoms. The first-order chi connectivity index (χ1) is 14.4. The third kappa shape index (κ3) is 3.41. The van der Waals surface area contributed by atoms with Gasteiger partial charge in [0, 0.05) is 44.1 Å². The standard InChI is InChI=1S/C23H29FN4O2/c1-4-5-10-27-16(2)20-21(17(27)3)23(30)28(22(20)29)15-25-11-13-26(14-12-25)19-9-7-6-8-18(19)24/h6-9H,4-5,10-15H2,1-3H3. The second kappa shape index (κ2) is 8.22. The van der Waals surface area contributed by atoms with Crippen LogP contribution in [0.15, 0.2) is 24.3 Å². The highest BCUT2D eigenvalue weighted by atomic mass is 19.1. The van der Waals surface area contributed by atoms with E-state index in [0.717, 1.165) is 30.8 Å². The number of anilines is 1. The van der Waals surface area contributed by atoms with Crippen LogP contribution in [0.1, 0.15) is 51.9 Å². The Hall–Kier alpha value is -2.67. The fourth-order valence-electron chi connectivity index (χ4n) is 4.59. The first-order valence-corrected chi connectivity index (χ1v) is 10.7. The number of halogens is 1. The van der Waals surface area contributed by atoms with Crippen molar-refractivity contribution in [3.8, 4) is 0 Å². The molecule has 30 heavy (non-hydrogen) atoms. The van der Waals surface area contributed by atoms with Gasteiger partial charge in [-0.15, -0.1) is 0 Å². The van der Waals surface area contributed by atoms with Gasteiger partial charge in [0.1, 0.15) is 5.82 Å². The average Bonchev–Trinajstić information content (AvgIpc) is 3.14. The molecule has 3 heterocycles. The molecule has 0 atom stereocenters. The van der Waals surface area contributed by atoms with E-state index in [1.54, 1.807) is 12.1 Å². The van der Waals surface area contributed by atoms with Crippen LogP contribution >= 0.6 is 0 Å². The number of aromatic nitrogens is 1. The van der Waals surface area contributed by atoms with Crippen LogP contribution in [0.4, 0.5) is 10.1 Å². The van der Waals surface area contributed by atoms with E-state index < -0.39 is 0 Å². The number of carbonyl (C=O) groups is 2. The lowest BCUT2D eigenvalue weighted by molar-refractivity contribution is 0.0533. The van der Waals surface area contributed by atoms with Crippen LogP contribution < -0.4 is 4.90 Å². The number of fused-ring (bicyclic) bond motifs is 1. The number of carbonyl (C=O) groups excluding carboxylic acids is 2. The Morgan fingerprint density at radius 1 is 0.933 bits per heavy atom. The fourth-order valence-corrected chi connectivity index (χ4v) is 4.59. The number of nitrogens with zero attached hydrogens (tertiary/aromatic N) is 4. The average molecular weight is 413 g/mol. The normalized spacial score (nSPS) is 17.2. The Morgan fingerprint density at radius 3 is 2.10 bits per heavy atom. The van der Waals surface area contributed by atoms with Crippen molar-refractivity contribution in [2.24, 2.45) is 0 Å². The number of piperazine rings is 1. The second-order valence-corrected chi connectivity index (χ2v) is 8.16. The number of rotatable bonds is 6. The van der Waals surface area contributed by atoms with Crippen molar-refractivity contribution in [2.75, 3.05) is 37.7 Å². The molecule has 0 unspecified atom stereocenters. The van der Waals surface area contributed by atoms with E-state index in [4.69, 9.17) is 0 Å². The summed E-state index contributed by atoms with van der Waals surface area (Å²) in [5.74, 6) is -0.606. The topological polar surface area (TPSA) is 48.8 Å². The summed E-state index contributed by atoms with van der Waals surface area (Å²) in [5.41, 5.74) is 3.52. The molecule has 2 aromatic rings. The molecule has 1 aromatic heterocycles. The second-order valence-electron chi connectivity index (χ2n) is 8.16. The minimum Gasteiger partial charge on any atom is -0.367 e. The SMILES string of the molecule is CCCCn1c(C)c2c(c1C)C(=O)N(CN1CCN(c3ccccc3F)CC1)C2=O. The smallest absolute Gasteiger partial charge is 0.264 e. The monoisotopic (exact) mass is 412 g/mol. The number of para-hydroxylation sites is 1. The molecular weight excluding hydrogens is 383 g/mol. The van der Waals surface area contributed by atoms with Gasteiger partial charge in [-0.3, -0.25) is 19.4 Å². The van der Waals surface area contributed by atoms with E-state index in [1.165, 1.54) is 11.0 Å². The molecule has 7 heteroatoms. The number of hydrogen-bond acceptors (Lipinski definition) is 4. The lowest BCUT2D eigenvalue weighted by Gasteiger charge is -2.37. The summed E-state index contributed by atoms with van der Waals surface area (Å²) < 4.78 is 16.2. The summed E-state index contributed by atoms with van der Waals surface area (Å²) in [6.45, 7) is 9.77. The fraction of sp³-hybridized carbons (Fsp3) is 0.478. The summed E-state index contributed by atoms with van der Waals surface area (Å²) in [6, 6.07) is 6.78. The molecular formula is C23H29FN4O2. The van der Waals surface area contributed by atoms with Crippen molar-refractivity contribution in [1.29, 1.82) is 0 Å². The molecule has 1 aromatic carbocycles. The van der Waals surface area contributed by atoms with E-state index >= 15 is 0 Å². The Bertz CT molecular complexity index is 936. The Kier molecular flexibility index (Phi) is 5.64. The first kappa shape index (κ1) is 20.6. The summed E-state index contributed by atoms with van der Waals surface area (Å²) in [6.07, 6.45) is 2.09. The molecule has 2 aliphatic heterocycles. The van der Waals surface area contributed by atoms with Crippen LogP contribution in [0.3, 0.4) is 0 Å². The molecule has 1 fully saturated rings. The van der Waals surface area contributed by atoms with Crippen molar-refractivity contribution >= 4 is 17.5 Å². The van der Waals surface area contributed by atoms with Crippen LogP contribution in [0, 0.1) is 19.7 Å². The highest BCUT2D eigenvalue weighted by Crippen LogP contribution is 2.32. The van der Waals surface area contributed by atoms with Gasteiger partial charge in [-0.05, 0) is 32.4 Å². The number of imide groups is 1. The van der Waals surface area contributed by atoms with Crippen molar-refractivity contribution in [3.05, 3.63) is 52.6 Å². The number of amides is 2. The van der Waals surface area contributed by atoms with Gasteiger partial charge in [-0.2, -0.15) is 0 Å². The molecule has 6 nitrogen and oxygen atoms in total. The van der Waals surface area contributed by atoms with Crippen LogP contribution in [0.5, 0.6) is 0 Å². The molecule has 2 aliphatic rings. The highest BCUT2D eigenvalue weighted by Gasteiger charge is 2.41. The van der Waals surface area contributed by atoms with Gasteiger partial charge >= 0.3 is 0 Å². The van der Waals surface area contributed by atoms with Gasteiger partial charge < -0.3 is 9.47 Å². The Balaban J connectivity index is 1.44. The van der Waals surface area contributed by atoms with Crippen molar-refractivity contribution in [3.63, 3.8) is 0 Å². The van der Waals surface area contributed by atoms with Gasteiger partial charge in [0.2, 0.25) is 0 Å². The Labute approximate surface area is 176 Å². The zero-order valence-corrected chi connectivity index (χ0v) is 17.9. The summed E-state index contributed by atoms with van der Waals surface area (Å²) >= 11 is 0. The molecule has 4 rings (SSSR count). The number of benzene rings is 1. The zero-order chi connectivity index (χ0) is 21.4. The predicted molar refractivity (Wildman–Crippen MR) is 114 cm³/mol. The number of hydrogen-bond donors (Lipinski definition) is 0. The third-order valence-electron chi connectivity index (χ3n) is 6.34. The van der Waals surface area contributed by atoms with Gasteiger partial charge in [-0.25, -0.2) is 4.39 Å². The van der Waals surface area contributed by atoms with Crippen molar-refractivity contribution in [2.45, 2.75) is 40.2 Å². The van der Waals surface area contributed by atoms with E-state index in [-0.39, 0.29) is 24.3 Å². The summed E-state index contributed by atoms with van der Waals surface area (Å²) in [7, 11) is 0. The summed E-state index contributed by atoms with van der Waals surface area (Å²) in [4.78, 5) is 31.6. The van der Waals surface area contributed by atoms with E-state index in [0.29, 0.717) is 43.0 Å². The molecule has 0 N–H and O–H groups in total. The number of unbranched alkanes of at least 4 members (excludes halogenated alkanes) is 1. The largest absolute Gasteiger partial charge is 0.367 e. The molecule has 0 radical (unpaired) electrons. The predicted octanol–water partition coefficient (Wildman–Crippen LogP) is 3.42. The van der Waals surface area contributed by atoms with Crippen LogP contribution in [0.25, 0.3) is 0 Å². The highest BCUT2D eigenvalue weighted by molar-refractivity contribution is 6.22. The van der Waals surface area contributed by atoms with Crippen molar-refractivity contribution in [1.82, 2.24) is 14.4 Å². The van der Waals surface area contributed by atoms with Crippen LogP contribution in [0.2, 0.25) is 0 Å². The van der Waals surface area contributed by atoms with Gasteiger partial charge in [-0.1, -0.05) is 25.5 Å². The third-order valence-corrected chi connectivity index (χ3v) is 6.34. The van der Waals surface area contributed by atoms with E-state index in [1.807, 2.05) is 24.8 Å². The molecule has 1 saturated heterocycles. The van der Waals surface area contributed by atoms with Gasteiger partial charge in [0.05, 0.1) is 23.5 Å². The van der Waals surface area contributed by atoms with Gasteiger partial charge in [0.25, 0.3) is 11.8 Å². The van der Waals surface area contributed by atoms with Crippen molar-refractivity contribution < 1.29 is 14.0 Å². The minimum atomic E-state index is -0.221. The van der Waals surface area contributed by atoms with Crippen LogP contribution in [-0.4, -0.2) is 59.0 Å². The summed E-state index contributed by atoms with van der Waals surface area (Å²) in [5, 5.41) is 0. The minimum absolute atomic E-state index is 0.192. The molecule has 0 aliphatic carbocycles. The molecule has 0 saturated carbocycles.